The first kappa shape index (κ1) is 19.9. The average molecular weight is 425 g/mol. The number of hydrogen-bond acceptors (Lipinski definition) is 4. The van der Waals surface area contributed by atoms with E-state index in [1.807, 2.05) is 79.0 Å². The Balaban J connectivity index is 1.33. The molecule has 2 aromatic carbocycles. The molecule has 0 saturated carbocycles. The van der Waals surface area contributed by atoms with E-state index in [0.717, 1.165) is 28.2 Å². The van der Waals surface area contributed by atoms with Crippen molar-refractivity contribution in [3.63, 3.8) is 0 Å². The number of carbonyl (C=O) groups is 2. The molecule has 1 saturated heterocycles. The molecule has 1 N–H and O–H groups in total. The fourth-order valence-corrected chi connectivity index (χ4v) is 4.12. The van der Waals surface area contributed by atoms with Crippen LogP contribution in [0.1, 0.15) is 17.7 Å². The Bertz CT molecular complexity index is 1330. The fourth-order valence-electron chi connectivity index (χ4n) is 4.12. The zero-order valence-corrected chi connectivity index (χ0v) is 17.9. The topological polar surface area (TPSA) is 79.6 Å². The molecule has 2 aromatic heterocycles. The third-order valence-electron chi connectivity index (χ3n) is 5.89. The SMILES string of the molecule is Cc1ccc(N2C[C@@H](C(=O)Nc3cccc(-c4nc5ncccn5c4C)c3)CC2=O)cc1. The molecule has 3 heterocycles. The Kier molecular flexibility index (Phi) is 4.93. The third kappa shape index (κ3) is 3.62. The number of aromatic nitrogens is 3. The Morgan fingerprint density at radius 2 is 1.91 bits per heavy atom. The van der Waals surface area contributed by atoms with Gasteiger partial charge in [-0.25, -0.2) is 9.97 Å². The molecule has 0 aliphatic carbocycles. The number of fused-ring (bicyclic) bond motifs is 1. The molecular formula is C25H23N5O2. The van der Waals surface area contributed by atoms with E-state index in [0.29, 0.717) is 18.0 Å². The number of amides is 2. The second-order valence-corrected chi connectivity index (χ2v) is 8.15. The minimum atomic E-state index is -0.395. The predicted molar refractivity (Wildman–Crippen MR) is 123 cm³/mol. The first-order chi connectivity index (χ1) is 15.5. The molecule has 2 amide bonds. The Labute approximate surface area is 185 Å². The second kappa shape index (κ2) is 7.92. The molecule has 7 heteroatoms. The highest BCUT2D eigenvalue weighted by Gasteiger charge is 2.35. The van der Waals surface area contributed by atoms with Crippen LogP contribution in [0.2, 0.25) is 0 Å². The molecule has 0 bridgehead atoms. The smallest absolute Gasteiger partial charge is 0.234 e. The van der Waals surface area contributed by atoms with Crippen LogP contribution in [0.25, 0.3) is 17.0 Å². The molecule has 5 rings (SSSR count). The number of aryl methyl sites for hydroxylation is 2. The van der Waals surface area contributed by atoms with Crippen LogP contribution in [-0.4, -0.2) is 32.7 Å². The maximum absolute atomic E-state index is 12.9. The van der Waals surface area contributed by atoms with Crippen molar-refractivity contribution in [3.05, 3.63) is 78.2 Å². The molecule has 4 aromatic rings. The van der Waals surface area contributed by atoms with Gasteiger partial charge in [0.05, 0.1) is 11.6 Å². The van der Waals surface area contributed by atoms with Gasteiger partial charge in [-0.2, -0.15) is 0 Å². The maximum Gasteiger partial charge on any atom is 0.234 e. The number of imidazole rings is 1. The zero-order chi connectivity index (χ0) is 22.2. The summed E-state index contributed by atoms with van der Waals surface area (Å²) in [5.41, 5.74) is 5.33. The van der Waals surface area contributed by atoms with Crippen molar-refractivity contribution in [2.24, 2.45) is 5.92 Å². The van der Waals surface area contributed by atoms with Crippen molar-refractivity contribution in [3.8, 4) is 11.3 Å². The van der Waals surface area contributed by atoms with Crippen molar-refractivity contribution in [2.45, 2.75) is 20.3 Å². The molecule has 1 aliphatic heterocycles. The summed E-state index contributed by atoms with van der Waals surface area (Å²) in [5.74, 6) is 0.0535. The van der Waals surface area contributed by atoms with Gasteiger partial charge in [-0.1, -0.05) is 29.8 Å². The minimum absolute atomic E-state index is 0.0319. The molecule has 32 heavy (non-hydrogen) atoms. The monoisotopic (exact) mass is 425 g/mol. The third-order valence-corrected chi connectivity index (χ3v) is 5.89. The van der Waals surface area contributed by atoms with E-state index in [1.165, 1.54) is 0 Å². The highest BCUT2D eigenvalue weighted by atomic mass is 16.2. The van der Waals surface area contributed by atoms with E-state index in [-0.39, 0.29) is 18.2 Å². The summed E-state index contributed by atoms with van der Waals surface area (Å²) in [6, 6.07) is 17.2. The number of nitrogens with zero attached hydrogens (tertiary/aromatic N) is 4. The van der Waals surface area contributed by atoms with Crippen LogP contribution >= 0.6 is 0 Å². The summed E-state index contributed by atoms with van der Waals surface area (Å²) in [4.78, 5) is 36.1. The van der Waals surface area contributed by atoms with Crippen molar-refractivity contribution >= 4 is 29.0 Å². The summed E-state index contributed by atoms with van der Waals surface area (Å²) < 4.78 is 1.93. The second-order valence-electron chi connectivity index (χ2n) is 8.15. The molecule has 7 nitrogen and oxygen atoms in total. The van der Waals surface area contributed by atoms with Crippen LogP contribution in [0, 0.1) is 19.8 Å². The van der Waals surface area contributed by atoms with E-state index in [2.05, 4.69) is 15.3 Å². The van der Waals surface area contributed by atoms with Crippen molar-refractivity contribution < 1.29 is 9.59 Å². The van der Waals surface area contributed by atoms with Gasteiger partial charge in [-0.05, 0) is 44.2 Å². The lowest BCUT2D eigenvalue weighted by Gasteiger charge is -2.17. The summed E-state index contributed by atoms with van der Waals surface area (Å²) >= 11 is 0. The molecule has 1 aliphatic rings. The van der Waals surface area contributed by atoms with Crippen molar-refractivity contribution in [2.75, 3.05) is 16.8 Å². The Morgan fingerprint density at radius 3 is 2.69 bits per heavy atom. The maximum atomic E-state index is 12.9. The van der Waals surface area contributed by atoms with Gasteiger partial charge >= 0.3 is 0 Å². The lowest BCUT2D eigenvalue weighted by molar-refractivity contribution is -0.122. The van der Waals surface area contributed by atoms with Crippen LogP contribution in [0.3, 0.4) is 0 Å². The van der Waals surface area contributed by atoms with Gasteiger partial charge in [0.1, 0.15) is 0 Å². The largest absolute Gasteiger partial charge is 0.326 e. The normalized spacial score (nSPS) is 16.0. The lowest BCUT2D eigenvalue weighted by Crippen LogP contribution is -2.28. The zero-order valence-electron chi connectivity index (χ0n) is 17.9. The number of hydrogen-bond donors (Lipinski definition) is 1. The summed E-state index contributed by atoms with van der Waals surface area (Å²) in [6.45, 7) is 4.38. The lowest BCUT2D eigenvalue weighted by atomic mass is 10.1. The molecule has 0 radical (unpaired) electrons. The molecular weight excluding hydrogens is 402 g/mol. The van der Waals surface area contributed by atoms with Gasteiger partial charge < -0.3 is 10.2 Å². The van der Waals surface area contributed by atoms with Crippen LogP contribution in [0.15, 0.2) is 67.0 Å². The van der Waals surface area contributed by atoms with E-state index >= 15 is 0 Å². The minimum Gasteiger partial charge on any atom is -0.326 e. The molecule has 0 spiro atoms. The van der Waals surface area contributed by atoms with Crippen molar-refractivity contribution in [1.82, 2.24) is 14.4 Å². The summed E-state index contributed by atoms with van der Waals surface area (Å²) in [5, 5.41) is 2.98. The highest BCUT2D eigenvalue weighted by molar-refractivity contribution is 6.03. The Morgan fingerprint density at radius 1 is 1.09 bits per heavy atom. The van der Waals surface area contributed by atoms with Gasteiger partial charge in [0.2, 0.25) is 17.6 Å². The summed E-state index contributed by atoms with van der Waals surface area (Å²) in [6.07, 6.45) is 3.85. The number of anilines is 2. The molecule has 0 unspecified atom stereocenters. The fraction of sp³-hybridized carbons (Fsp3) is 0.200. The summed E-state index contributed by atoms with van der Waals surface area (Å²) in [7, 11) is 0. The highest BCUT2D eigenvalue weighted by Crippen LogP contribution is 2.28. The van der Waals surface area contributed by atoms with Crippen LogP contribution in [0.4, 0.5) is 11.4 Å². The molecule has 1 atom stereocenters. The molecule has 160 valence electrons. The Hall–Kier alpha value is -4.00. The van der Waals surface area contributed by atoms with E-state index < -0.39 is 5.92 Å². The number of benzene rings is 2. The standard InChI is InChI=1S/C25H23N5O2/c1-16-7-9-21(10-8-16)30-15-19(14-22(30)31)24(32)27-20-6-3-5-18(13-20)23-17(2)29-12-4-11-26-25(29)28-23/h3-13,19H,14-15H2,1-2H3,(H,27,32)/t19-/m0/s1. The average Bonchev–Trinajstić information content (AvgIpc) is 3.35. The first-order valence-corrected chi connectivity index (χ1v) is 10.6. The van der Waals surface area contributed by atoms with Gasteiger partial charge in [0, 0.05) is 48.0 Å². The van der Waals surface area contributed by atoms with E-state index in [1.54, 1.807) is 11.1 Å². The van der Waals surface area contributed by atoms with Gasteiger partial charge in [-0.3, -0.25) is 14.0 Å². The van der Waals surface area contributed by atoms with Crippen LogP contribution in [0.5, 0.6) is 0 Å². The predicted octanol–water partition coefficient (Wildman–Crippen LogP) is 4.00. The number of carbonyl (C=O) groups excluding carboxylic acids is 2. The quantitative estimate of drug-likeness (QED) is 0.536. The number of rotatable bonds is 4. The van der Waals surface area contributed by atoms with Crippen molar-refractivity contribution in [1.29, 1.82) is 0 Å². The van der Waals surface area contributed by atoms with Gasteiger partial charge in [-0.15, -0.1) is 0 Å². The van der Waals surface area contributed by atoms with E-state index in [4.69, 9.17) is 0 Å². The van der Waals surface area contributed by atoms with Gasteiger partial charge in [0.15, 0.2) is 0 Å². The first-order valence-electron chi connectivity index (χ1n) is 10.6. The van der Waals surface area contributed by atoms with Crippen LogP contribution in [-0.2, 0) is 9.59 Å². The molecule has 1 fully saturated rings. The van der Waals surface area contributed by atoms with Crippen LogP contribution < -0.4 is 10.2 Å². The van der Waals surface area contributed by atoms with Gasteiger partial charge in [0.25, 0.3) is 0 Å². The number of nitrogens with one attached hydrogen (secondary N) is 1. The van der Waals surface area contributed by atoms with E-state index in [9.17, 15) is 9.59 Å².